The maximum atomic E-state index is 5.63. The van der Waals surface area contributed by atoms with E-state index in [4.69, 9.17) is 28.4 Å². The predicted octanol–water partition coefficient (Wildman–Crippen LogP) is 3.77. The Balaban J connectivity index is 1.96. The zero-order valence-electron chi connectivity index (χ0n) is 16.8. The van der Waals surface area contributed by atoms with Crippen molar-refractivity contribution in [3.8, 4) is 11.5 Å². The minimum Gasteiger partial charge on any atom is -0.486 e. The summed E-state index contributed by atoms with van der Waals surface area (Å²) in [4.78, 5) is 0. The quantitative estimate of drug-likeness (QED) is 0.310. The molecule has 1 aromatic heterocycles. The van der Waals surface area contributed by atoms with E-state index in [0.717, 1.165) is 38.9 Å². The minimum atomic E-state index is 0.442. The van der Waals surface area contributed by atoms with Gasteiger partial charge >= 0.3 is 0 Å². The monoisotopic (exact) mass is 402 g/mol. The van der Waals surface area contributed by atoms with Crippen molar-refractivity contribution in [2.75, 3.05) is 66.1 Å². The topological polar surface area (TPSA) is 55.4 Å². The summed E-state index contributed by atoms with van der Waals surface area (Å²) in [5.74, 6) is 1.15. The lowest BCUT2D eigenvalue weighted by Gasteiger charge is -2.10. The van der Waals surface area contributed by atoms with E-state index < -0.39 is 0 Å². The third-order valence-electron chi connectivity index (χ3n) is 3.47. The van der Waals surface area contributed by atoms with Gasteiger partial charge in [0.1, 0.15) is 13.2 Å². The number of rotatable bonds is 20. The van der Waals surface area contributed by atoms with E-state index in [2.05, 4.69) is 24.6 Å². The Morgan fingerprint density at radius 1 is 0.556 bits per heavy atom. The standard InChI is InChI=1S/C20H34O6S/c1-3-5-7-21-9-11-23-13-15-25-19-17-27-18-20(19)26-16-14-24-12-10-22-8-6-4-2/h3-16H2,1-2H3. The van der Waals surface area contributed by atoms with Gasteiger partial charge in [-0.2, -0.15) is 0 Å². The Labute approximate surface area is 168 Å². The van der Waals surface area contributed by atoms with E-state index in [-0.39, 0.29) is 0 Å². The average molecular weight is 403 g/mol. The highest BCUT2D eigenvalue weighted by Gasteiger charge is 2.08. The van der Waals surface area contributed by atoms with Crippen molar-refractivity contribution in [2.24, 2.45) is 0 Å². The third-order valence-corrected chi connectivity index (χ3v) is 4.05. The zero-order chi connectivity index (χ0) is 19.4. The molecule has 27 heavy (non-hydrogen) atoms. The maximum absolute atomic E-state index is 5.63. The molecular formula is C20H34O6S. The summed E-state index contributed by atoms with van der Waals surface area (Å²) < 4.78 is 33.0. The Bertz CT molecular complexity index is 390. The van der Waals surface area contributed by atoms with Crippen LogP contribution >= 0.6 is 11.3 Å². The van der Waals surface area contributed by atoms with Crippen molar-refractivity contribution in [2.45, 2.75) is 39.5 Å². The second-order valence-corrected chi connectivity index (χ2v) is 6.43. The first-order chi connectivity index (χ1) is 13.4. The normalized spacial score (nSPS) is 11.0. The number of thiophene rings is 1. The SMILES string of the molecule is CCCCOCCOCCOc1[c]s[c]c1OCCOCCOCCCC. The van der Waals surface area contributed by atoms with Crippen LogP contribution in [0.3, 0.4) is 0 Å². The molecule has 156 valence electrons. The molecule has 1 aromatic rings. The van der Waals surface area contributed by atoms with Crippen molar-refractivity contribution in [3.63, 3.8) is 0 Å². The van der Waals surface area contributed by atoms with Crippen LogP contribution < -0.4 is 9.47 Å². The van der Waals surface area contributed by atoms with Gasteiger partial charge in [-0.1, -0.05) is 26.7 Å². The summed E-state index contributed by atoms with van der Waals surface area (Å²) in [5, 5.41) is 6.02. The molecule has 0 atom stereocenters. The summed E-state index contributed by atoms with van der Waals surface area (Å²) in [6, 6.07) is 0. The molecule has 1 heterocycles. The smallest absolute Gasteiger partial charge is 0.181 e. The molecule has 0 spiro atoms. The lowest BCUT2D eigenvalue weighted by atomic mass is 10.4. The van der Waals surface area contributed by atoms with Gasteiger partial charge in [-0.3, -0.25) is 0 Å². The van der Waals surface area contributed by atoms with Crippen LogP contribution in [0.4, 0.5) is 0 Å². The van der Waals surface area contributed by atoms with Gasteiger partial charge in [0, 0.05) is 13.2 Å². The maximum Gasteiger partial charge on any atom is 0.181 e. The summed E-state index contributed by atoms with van der Waals surface area (Å²) in [6.45, 7) is 10.2. The number of hydrogen-bond acceptors (Lipinski definition) is 7. The highest BCUT2D eigenvalue weighted by molar-refractivity contribution is 7.07. The molecule has 0 aromatic carbocycles. The summed E-state index contributed by atoms with van der Waals surface area (Å²) in [5.41, 5.74) is 0. The zero-order valence-corrected chi connectivity index (χ0v) is 17.6. The molecule has 0 aliphatic carbocycles. The van der Waals surface area contributed by atoms with E-state index in [1.807, 2.05) is 0 Å². The van der Waals surface area contributed by atoms with Crippen LogP contribution in [0.15, 0.2) is 0 Å². The van der Waals surface area contributed by atoms with Gasteiger partial charge in [0.15, 0.2) is 11.5 Å². The second-order valence-electron chi connectivity index (χ2n) is 5.82. The fourth-order valence-corrected chi connectivity index (χ4v) is 2.48. The fraction of sp³-hybridized carbons (Fsp3) is 0.800. The Hall–Kier alpha value is -0.860. The summed E-state index contributed by atoms with van der Waals surface area (Å²) >= 11 is 1.30. The van der Waals surface area contributed by atoms with Gasteiger partial charge in [-0.05, 0) is 12.8 Å². The van der Waals surface area contributed by atoms with Crippen molar-refractivity contribution in [1.82, 2.24) is 0 Å². The Kier molecular flexibility index (Phi) is 16.6. The van der Waals surface area contributed by atoms with Crippen LogP contribution in [0.25, 0.3) is 0 Å². The first kappa shape index (κ1) is 24.2. The first-order valence-corrected chi connectivity index (χ1v) is 10.7. The molecule has 0 amide bonds. The molecule has 0 saturated heterocycles. The highest BCUT2D eigenvalue weighted by Crippen LogP contribution is 2.29. The van der Waals surface area contributed by atoms with Crippen LogP contribution in [-0.2, 0) is 18.9 Å². The molecule has 0 bridgehead atoms. The number of ether oxygens (including phenoxy) is 6. The van der Waals surface area contributed by atoms with E-state index >= 15 is 0 Å². The van der Waals surface area contributed by atoms with E-state index in [1.54, 1.807) is 0 Å². The predicted molar refractivity (Wildman–Crippen MR) is 106 cm³/mol. The van der Waals surface area contributed by atoms with Crippen LogP contribution in [0.5, 0.6) is 11.5 Å². The highest BCUT2D eigenvalue weighted by atomic mass is 32.1. The minimum absolute atomic E-state index is 0.442. The molecule has 2 radical (unpaired) electrons. The van der Waals surface area contributed by atoms with E-state index in [0.29, 0.717) is 64.4 Å². The van der Waals surface area contributed by atoms with E-state index in [1.165, 1.54) is 11.3 Å². The molecule has 0 saturated carbocycles. The van der Waals surface area contributed by atoms with Gasteiger partial charge in [0.2, 0.25) is 0 Å². The van der Waals surface area contributed by atoms with Crippen LogP contribution in [0, 0.1) is 10.8 Å². The molecule has 1 rings (SSSR count). The van der Waals surface area contributed by atoms with Gasteiger partial charge in [0.05, 0.1) is 50.4 Å². The molecule has 0 N–H and O–H groups in total. The molecule has 0 unspecified atom stereocenters. The van der Waals surface area contributed by atoms with Gasteiger partial charge < -0.3 is 28.4 Å². The van der Waals surface area contributed by atoms with Crippen molar-refractivity contribution in [1.29, 1.82) is 0 Å². The van der Waals surface area contributed by atoms with E-state index in [9.17, 15) is 0 Å². The van der Waals surface area contributed by atoms with Crippen LogP contribution in [0.2, 0.25) is 0 Å². The summed E-state index contributed by atoms with van der Waals surface area (Å²) in [7, 11) is 0. The van der Waals surface area contributed by atoms with Gasteiger partial charge in [-0.15, -0.1) is 11.3 Å². The molecule has 0 fully saturated rings. The summed E-state index contributed by atoms with van der Waals surface area (Å²) in [6.07, 6.45) is 4.47. The fourth-order valence-electron chi connectivity index (χ4n) is 1.94. The molecule has 7 heteroatoms. The van der Waals surface area contributed by atoms with Crippen molar-refractivity contribution >= 4 is 11.3 Å². The van der Waals surface area contributed by atoms with Gasteiger partial charge in [-0.25, -0.2) is 0 Å². The largest absolute Gasteiger partial charge is 0.486 e. The Morgan fingerprint density at radius 3 is 1.33 bits per heavy atom. The second kappa shape index (κ2) is 18.5. The molecule has 6 nitrogen and oxygen atoms in total. The van der Waals surface area contributed by atoms with Gasteiger partial charge in [0.25, 0.3) is 0 Å². The van der Waals surface area contributed by atoms with Crippen LogP contribution in [0.1, 0.15) is 39.5 Å². The average Bonchev–Trinajstić information content (AvgIpc) is 3.12. The van der Waals surface area contributed by atoms with Crippen molar-refractivity contribution in [3.05, 3.63) is 10.8 Å². The number of hydrogen-bond donors (Lipinski definition) is 0. The lowest BCUT2D eigenvalue weighted by molar-refractivity contribution is 0.0325. The molecule has 0 aliphatic heterocycles. The number of unbranched alkanes of at least 4 members (excludes halogenated alkanes) is 2. The first-order valence-electron chi connectivity index (χ1n) is 9.87. The molecule has 0 aliphatic rings. The lowest BCUT2D eigenvalue weighted by Crippen LogP contribution is -2.12. The van der Waals surface area contributed by atoms with Crippen molar-refractivity contribution < 1.29 is 28.4 Å². The molecular weight excluding hydrogens is 368 g/mol. The Morgan fingerprint density at radius 2 is 0.926 bits per heavy atom. The van der Waals surface area contributed by atoms with Crippen LogP contribution in [-0.4, -0.2) is 66.1 Å². The third kappa shape index (κ3) is 13.9.